The molecular weight excluding hydrogens is 475 g/mol. The molecule has 1 heterocycles. The highest BCUT2D eigenvalue weighted by Crippen LogP contribution is 2.71. The number of hydrogen-bond donors (Lipinski definition) is 0. The van der Waals surface area contributed by atoms with Gasteiger partial charge in [0.1, 0.15) is 0 Å². The van der Waals surface area contributed by atoms with E-state index in [4.69, 9.17) is 0 Å². The normalized spacial score (nSPS) is 26.5. The Morgan fingerprint density at radius 1 is 0.967 bits per heavy atom. The number of nitrogens with zero attached hydrogens (tertiary/aromatic N) is 1. The Balaban J connectivity index is 2.97. The maximum atomic E-state index is 14.3. The number of carbonyl (C=O) groups is 1. The second-order valence-electron chi connectivity index (χ2n) is 6.43. The second kappa shape index (κ2) is 8.18. The van der Waals surface area contributed by atoms with E-state index in [1.165, 1.54) is 0 Å². The molecule has 17 heteroatoms. The van der Waals surface area contributed by atoms with Gasteiger partial charge in [-0.1, -0.05) is 0 Å². The molecule has 1 rings (SSSR count). The standard InChI is InChI=1S/C13H14F11NO4S/c1-9(14,15)11(18,19)13(23,24)30(29-25-27)4-2-7(3-5-30)8(26)28-6-10(16,17)12(20,21)22/h7H,2-6H2,1H3. The van der Waals surface area contributed by atoms with Crippen molar-refractivity contribution < 1.29 is 62.1 Å². The summed E-state index contributed by atoms with van der Waals surface area (Å²) in [6.45, 7) is -2.90. The highest BCUT2D eigenvalue weighted by molar-refractivity contribution is 8.30. The Bertz CT molecular complexity index is 642. The van der Waals surface area contributed by atoms with Crippen molar-refractivity contribution in [3.8, 4) is 0 Å². The van der Waals surface area contributed by atoms with Crippen LogP contribution in [0.5, 0.6) is 0 Å². The Morgan fingerprint density at radius 3 is 1.80 bits per heavy atom. The summed E-state index contributed by atoms with van der Waals surface area (Å²) in [5.41, 5.74) is 0. The quantitative estimate of drug-likeness (QED) is 0.197. The van der Waals surface area contributed by atoms with Crippen LogP contribution in [0.1, 0.15) is 19.8 Å². The van der Waals surface area contributed by atoms with Crippen LogP contribution >= 0.6 is 10.3 Å². The molecule has 0 radical (unpaired) electrons. The maximum absolute atomic E-state index is 14.3. The van der Waals surface area contributed by atoms with Crippen molar-refractivity contribution in [2.24, 2.45) is 11.3 Å². The van der Waals surface area contributed by atoms with Crippen LogP contribution in [0.15, 0.2) is 5.34 Å². The highest BCUT2D eigenvalue weighted by Gasteiger charge is 2.77. The van der Waals surface area contributed by atoms with Gasteiger partial charge < -0.3 is 9.02 Å². The lowest BCUT2D eigenvalue weighted by atomic mass is 10.0. The highest BCUT2D eigenvalue weighted by atomic mass is 32.3. The average molecular weight is 489 g/mol. The number of carbonyl (C=O) groups excluding carboxylic acids is 1. The van der Waals surface area contributed by atoms with Gasteiger partial charge >= 0.3 is 35.2 Å². The van der Waals surface area contributed by atoms with Gasteiger partial charge in [0.15, 0.2) is 11.9 Å². The molecule has 0 bridgehead atoms. The fraction of sp³-hybridized carbons (Fsp3) is 0.923. The average Bonchev–Trinajstić information content (AvgIpc) is 2.58. The first-order chi connectivity index (χ1) is 13.3. The van der Waals surface area contributed by atoms with Gasteiger partial charge in [-0.3, -0.25) is 4.79 Å². The summed E-state index contributed by atoms with van der Waals surface area (Å²) < 4.78 is 152. The van der Waals surface area contributed by atoms with Crippen molar-refractivity contribution in [3.63, 3.8) is 0 Å². The van der Waals surface area contributed by atoms with Gasteiger partial charge in [-0.05, 0) is 12.8 Å². The van der Waals surface area contributed by atoms with E-state index in [-0.39, 0.29) is 0 Å². The molecule has 1 fully saturated rings. The van der Waals surface area contributed by atoms with Crippen LogP contribution < -0.4 is 0 Å². The van der Waals surface area contributed by atoms with Crippen molar-refractivity contribution in [3.05, 3.63) is 4.91 Å². The van der Waals surface area contributed by atoms with Gasteiger partial charge in [-0.25, -0.2) is 0 Å². The van der Waals surface area contributed by atoms with Gasteiger partial charge in [-0.2, -0.15) is 48.3 Å². The van der Waals surface area contributed by atoms with Crippen LogP contribution in [0.25, 0.3) is 0 Å². The molecule has 1 aliphatic rings. The van der Waals surface area contributed by atoms with E-state index < -0.39 is 89.3 Å². The minimum absolute atomic E-state index is 0.494. The maximum Gasteiger partial charge on any atom is 0.456 e. The molecule has 5 nitrogen and oxygen atoms in total. The van der Waals surface area contributed by atoms with Crippen LogP contribution in [0, 0.1) is 10.8 Å². The van der Waals surface area contributed by atoms with E-state index in [1.54, 1.807) is 5.34 Å². The summed E-state index contributed by atoms with van der Waals surface area (Å²) in [5, 5.41) is -3.95. The zero-order valence-corrected chi connectivity index (χ0v) is 15.6. The van der Waals surface area contributed by atoms with Gasteiger partial charge in [-0.15, -0.1) is 4.91 Å². The number of esters is 1. The number of hydrogen-bond acceptors (Lipinski definition) is 5. The first-order valence-corrected chi connectivity index (χ1v) is 9.69. The minimum Gasteiger partial charge on any atom is -0.459 e. The van der Waals surface area contributed by atoms with E-state index in [2.05, 4.69) is 9.02 Å². The Labute approximate surface area is 162 Å². The van der Waals surface area contributed by atoms with E-state index in [9.17, 15) is 58.0 Å². The van der Waals surface area contributed by atoms with Crippen molar-refractivity contribution in [2.45, 2.75) is 49.0 Å². The zero-order chi connectivity index (χ0) is 23.8. The fourth-order valence-corrected chi connectivity index (χ4v) is 5.49. The lowest BCUT2D eigenvalue weighted by Gasteiger charge is -2.48. The van der Waals surface area contributed by atoms with E-state index in [1.807, 2.05) is 0 Å². The summed E-state index contributed by atoms with van der Waals surface area (Å²) in [6, 6.07) is 0. The van der Waals surface area contributed by atoms with Crippen LogP contribution in [0.2, 0.25) is 0 Å². The summed E-state index contributed by atoms with van der Waals surface area (Å²) in [6.07, 6.45) is -7.84. The van der Waals surface area contributed by atoms with E-state index in [0.29, 0.717) is 0 Å². The molecule has 0 saturated carbocycles. The predicted octanol–water partition coefficient (Wildman–Crippen LogP) is 5.44. The zero-order valence-electron chi connectivity index (χ0n) is 14.8. The Kier molecular flexibility index (Phi) is 7.22. The molecule has 0 spiro atoms. The fourth-order valence-electron chi connectivity index (χ4n) is 2.43. The molecule has 0 aliphatic carbocycles. The van der Waals surface area contributed by atoms with Crippen LogP contribution in [-0.4, -0.2) is 53.3 Å². The Morgan fingerprint density at radius 2 is 1.43 bits per heavy atom. The Hall–Kier alpha value is -1.55. The topological polar surface area (TPSA) is 65.0 Å². The summed E-state index contributed by atoms with van der Waals surface area (Å²) >= 11 is 0. The molecule has 1 saturated heterocycles. The molecule has 0 aromatic heterocycles. The molecule has 0 atom stereocenters. The molecule has 1 aliphatic heterocycles. The van der Waals surface area contributed by atoms with Crippen LogP contribution in [0.4, 0.5) is 48.3 Å². The SMILES string of the molecule is CC(F)(F)C(F)(F)C(F)(F)S1(ON=O)CCC(C(=O)OCC(F)(F)C(F)(F)F)CC1. The van der Waals surface area contributed by atoms with Crippen molar-refractivity contribution in [2.75, 3.05) is 18.1 Å². The third-order valence-electron chi connectivity index (χ3n) is 4.29. The third-order valence-corrected chi connectivity index (χ3v) is 7.62. The van der Waals surface area contributed by atoms with Gasteiger partial charge in [0.25, 0.3) is 0 Å². The predicted molar refractivity (Wildman–Crippen MR) is 79.4 cm³/mol. The minimum atomic E-state index is -6.04. The number of ether oxygens (including phenoxy) is 1. The van der Waals surface area contributed by atoms with Crippen LogP contribution in [-0.2, 0) is 13.8 Å². The smallest absolute Gasteiger partial charge is 0.456 e. The third kappa shape index (κ3) is 4.69. The van der Waals surface area contributed by atoms with E-state index >= 15 is 0 Å². The summed E-state index contributed by atoms with van der Waals surface area (Å²) in [4.78, 5) is 22.0. The van der Waals surface area contributed by atoms with Crippen molar-refractivity contribution >= 4 is 16.3 Å². The number of rotatable bonds is 8. The van der Waals surface area contributed by atoms with Gasteiger partial charge in [0, 0.05) is 28.7 Å². The largest absolute Gasteiger partial charge is 0.459 e. The molecule has 0 unspecified atom stereocenters. The number of halogens is 11. The first-order valence-electron chi connectivity index (χ1n) is 7.80. The summed E-state index contributed by atoms with van der Waals surface area (Å²) in [7, 11) is -4.68. The molecule has 0 N–H and O–H groups in total. The second-order valence-corrected chi connectivity index (χ2v) is 9.53. The number of alkyl halides is 11. The van der Waals surface area contributed by atoms with Crippen molar-refractivity contribution in [1.82, 2.24) is 0 Å². The molecular formula is C13H14F11NO4S. The van der Waals surface area contributed by atoms with E-state index in [0.717, 1.165) is 0 Å². The van der Waals surface area contributed by atoms with Crippen LogP contribution in [0.3, 0.4) is 0 Å². The lowest BCUT2D eigenvalue weighted by molar-refractivity contribution is -0.294. The monoisotopic (exact) mass is 489 g/mol. The molecule has 0 aromatic carbocycles. The first kappa shape index (κ1) is 26.5. The summed E-state index contributed by atoms with van der Waals surface area (Å²) in [5.74, 6) is -22.5. The van der Waals surface area contributed by atoms with Gasteiger partial charge in [0.2, 0.25) is 0 Å². The van der Waals surface area contributed by atoms with Crippen molar-refractivity contribution in [1.29, 1.82) is 0 Å². The lowest BCUT2D eigenvalue weighted by Crippen LogP contribution is -2.57. The molecule has 30 heavy (non-hydrogen) atoms. The molecule has 0 aromatic rings. The molecule has 178 valence electrons. The molecule has 0 amide bonds. The van der Waals surface area contributed by atoms with Gasteiger partial charge in [0.05, 0.1) is 5.92 Å².